The van der Waals surface area contributed by atoms with Gasteiger partial charge in [-0.05, 0) is 42.7 Å². The lowest BCUT2D eigenvalue weighted by Crippen LogP contribution is -2.51. The van der Waals surface area contributed by atoms with Gasteiger partial charge in [0, 0.05) is 31.6 Å². The molecule has 4 rings (SSSR count). The Bertz CT molecular complexity index is 542. The van der Waals surface area contributed by atoms with Crippen LogP contribution in [0.5, 0.6) is 0 Å². The van der Waals surface area contributed by atoms with Crippen LogP contribution in [0.1, 0.15) is 30.4 Å². The van der Waals surface area contributed by atoms with Crippen LogP contribution < -0.4 is 5.32 Å². The average Bonchev–Trinajstić information content (AvgIpc) is 3.21. The quantitative estimate of drug-likeness (QED) is 0.843. The van der Waals surface area contributed by atoms with Crippen molar-refractivity contribution in [2.45, 2.75) is 31.7 Å². The van der Waals surface area contributed by atoms with E-state index < -0.39 is 0 Å². The number of benzene rings is 1. The number of rotatable bonds is 1. The molecule has 106 valence electrons. The molecule has 2 aliphatic carbocycles. The molecule has 3 unspecified atom stereocenters. The monoisotopic (exact) mass is 270 g/mol. The summed E-state index contributed by atoms with van der Waals surface area (Å²) in [5.41, 5.74) is 2.92. The number of hydrogen-bond donors (Lipinski definition) is 1. The molecule has 4 atom stereocenters. The number of piperazine rings is 1. The predicted molar refractivity (Wildman–Crippen MR) is 78.5 cm³/mol. The first-order chi connectivity index (χ1) is 9.75. The predicted octanol–water partition coefficient (Wildman–Crippen LogP) is 1.78. The molecule has 0 radical (unpaired) electrons. The van der Waals surface area contributed by atoms with Gasteiger partial charge in [0.1, 0.15) is 0 Å². The van der Waals surface area contributed by atoms with Gasteiger partial charge in [-0.1, -0.05) is 24.3 Å². The Morgan fingerprint density at radius 1 is 1.35 bits per heavy atom. The summed E-state index contributed by atoms with van der Waals surface area (Å²) in [6.45, 7) is 4.84. The number of fused-ring (bicyclic) bond motifs is 3. The molecule has 1 heterocycles. The lowest BCUT2D eigenvalue weighted by molar-refractivity contribution is -0.134. The third-order valence-electron chi connectivity index (χ3n) is 5.30. The minimum atomic E-state index is 0.268. The molecule has 0 spiro atoms. The van der Waals surface area contributed by atoms with Gasteiger partial charge in [0.05, 0.1) is 0 Å². The van der Waals surface area contributed by atoms with Gasteiger partial charge in [-0.15, -0.1) is 0 Å². The zero-order valence-electron chi connectivity index (χ0n) is 12.0. The van der Waals surface area contributed by atoms with Crippen LogP contribution in [-0.4, -0.2) is 36.5 Å². The fourth-order valence-corrected chi connectivity index (χ4v) is 4.25. The molecule has 1 N–H and O–H groups in total. The van der Waals surface area contributed by atoms with Crippen molar-refractivity contribution in [3.8, 4) is 0 Å². The lowest BCUT2D eigenvalue weighted by Gasteiger charge is -2.32. The molecule has 1 saturated carbocycles. The van der Waals surface area contributed by atoms with E-state index in [1.807, 2.05) is 0 Å². The molecule has 1 aromatic carbocycles. The number of nitrogens with zero attached hydrogens (tertiary/aromatic N) is 1. The van der Waals surface area contributed by atoms with Crippen molar-refractivity contribution in [1.29, 1.82) is 0 Å². The van der Waals surface area contributed by atoms with E-state index in [-0.39, 0.29) is 5.92 Å². The second kappa shape index (κ2) is 4.59. The SMILES string of the molecule is C[C@@H]1CN(C(=O)C2C3CCc4ccccc4C32)CCN1. The molecule has 1 aliphatic heterocycles. The van der Waals surface area contributed by atoms with E-state index in [1.165, 1.54) is 17.5 Å². The topological polar surface area (TPSA) is 32.3 Å². The number of hydrogen-bond acceptors (Lipinski definition) is 2. The number of aryl methyl sites for hydroxylation is 1. The van der Waals surface area contributed by atoms with Crippen LogP contribution >= 0.6 is 0 Å². The molecule has 1 saturated heterocycles. The van der Waals surface area contributed by atoms with Crippen LogP contribution in [0.3, 0.4) is 0 Å². The molecule has 0 aromatic heterocycles. The van der Waals surface area contributed by atoms with E-state index in [9.17, 15) is 4.79 Å². The highest BCUT2D eigenvalue weighted by atomic mass is 16.2. The zero-order valence-corrected chi connectivity index (χ0v) is 12.0. The molecule has 0 bridgehead atoms. The number of carbonyl (C=O) groups excluding carboxylic acids is 1. The molecule has 1 amide bonds. The largest absolute Gasteiger partial charge is 0.340 e. The maximum Gasteiger partial charge on any atom is 0.226 e. The van der Waals surface area contributed by atoms with Crippen molar-refractivity contribution in [2.75, 3.05) is 19.6 Å². The number of nitrogens with one attached hydrogen (secondary N) is 1. The lowest BCUT2D eigenvalue weighted by atomic mass is 9.92. The third kappa shape index (κ3) is 1.87. The van der Waals surface area contributed by atoms with Crippen LogP contribution in [0.2, 0.25) is 0 Å². The van der Waals surface area contributed by atoms with Crippen molar-refractivity contribution in [1.82, 2.24) is 10.2 Å². The summed E-state index contributed by atoms with van der Waals surface area (Å²) in [5, 5.41) is 3.41. The van der Waals surface area contributed by atoms with Gasteiger partial charge in [0.15, 0.2) is 0 Å². The van der Waals surface area contributed by atoms with E-state index >= 15 is 0 Å². The summed E-state index contributed by atoms with van der Waals surface area (Å²) < 4.78 is 0. The zero-order chi connectivity index (χ0) is 13.7. The van der Waals surface area contributed by atoms with Crippen LogP contribution in [0.15, 0.2) is 24.3 Å². The second-order valence-electron chi connectivity index (χ2n) is 6.59. The second-order valence-corrected chi connectivity index (χ2v) is 6.59. The first-order valence-corrected chi connectivity index (χ1v) is 7.85. The highest BCUT2D eigenvalue weighted by Crippen LogP contribution is 2.60. The third-order valence-corrected chi connectivity index (χ3v) is 5.30. The average molecular weight is 270 g/mol. The summed E-state index contributed by atoms with van der Waals surface area (Å²) in [4.78, 5) is 14.9. The summed E-state index contributed by atoms with van der Waals surface area (Å²) in [7, 11) is 0. The highest BCUT2D eigenvalue weighted by Gasteiger charge is 2.57. The smallest absolute Gasteiger partial charge is 0.226 e. The summed E-state index contributed by atoms with van der Waals surface area (Å²) in [5.74, 6) is 1.80. The van der Waals surface area contributed by atoms with Crippen LogP contribution in [-0.2, 0) is 11.2 Å². The van der Waals surface area contributed by atoms with E-state index in [0.29, 0.717) is 23.8 Å². The van der Waals surface area contributed by atoms with Crippen molar-refractivity contribution < 1.29 is 4.79 Å². The van der Waals surface area contributed by atoms with Crippen molar-refractivity contribution in [2.24, 2.45) is 11.8 Å². The van der Waals surface area contributed by atoms with Gasteiger partial charge in [-0.2, -0.15) is 0 Å². The van der Waals surface area contributed by atoms with Crippen molar-refractivity contribution in [3.05, 3.63) is 35.4 Å². The van der Waals surface area contributed by atoms with Gasteiger partial charge in [0.2, 0.25) is 5.91 Å². The Hall–Kier alpha value is -1.35. The first-order valence-electron chi connectivity index (χ1n) is 7.85. The maximum atomic E-state index is 12.8. The van der Waals surface area contributed by atoms with Gasteiger partial charge >= 0.3 is 0 Å². The van der Waals surface area contributed by atoms with Gasteiger partial charge in [-0.3, -0.25) is 4.79 Å². The molecular weight excluding hydrogens is 248 g/mol. The maximum absolute atomic E-state index is 12.8. The van der Waals surface area contributed by atoms with Gasteiger partial charge in [-0.25, -0.2) is 0 Å². The fraction of sp³-hybridized carbons (Fsp3) is 0.588. The number of carbonyl (C=O) groups is 1. The van der Waals surface area contributed by atoms with Crippen LogP contribution in [0, 0.1) is 11.8 Å². The molecule has 3 nitrogen and oxygen atoms in total. The molecule has 3 heteroatoms. The summed E-state index contributed by atoms with van der Waals surface area (Å²) in [6.07, 6.45) is 2.35. The minimum absolute atomic E-state index is 0.268. The van der Waals surface area contributed by atoms with E-state index in [4.69, 9.17) is 0 Å². The van der Waals surface area contributed by atoms with E-state index in [0.717, 1.165) is 26.1 Å². The van der Waals surface area contributed by atoms with Gasteiger partial charge in [0.25, 0.3) is 0 Å². The van der Waals surface area contributed by atoms with E-state index in [2.05, 4.69) is 41.4 Å². The highest BCUT2D eigenvalue weighted by molar-refractivity contribution is 5.84. The Labute approximate surface area is 120 Å². The summed E-state index contributed by atoms with van der Waals surface area (Å²) in [6, 6.07) is 9.14. The minimum Gasteiger partial charge on any atom is -0.340 e. The Balaban J connectivity index is 1.53. The Morgan fingerprint density at radius 3 is 3.05 bits per heavy atom. The summed E-state index contributed by atoms with van der Waals surface area (Å²) >= 11 is 0. The molecule has 1 aromatic rings. The van der Waals surface area contributed by atoms with Crippen molar-refractivity contribution in [3.63, 3.8) is 0 Å². The van der Waals surface area contributed by atoms with Gasteiger partial charge < -0.3 is 10.2 Å². The van der Waals surface area contributed by atoms with Crippen LogP contribution in [0.4, 0.5) is 0 Å². The standard InChI is InChI=1S/C17H22N2O/c1-11-10-19(9-8-18-11)17(20)16-14-7-6-12-4-2-3-5-13(12)15(14)16/h2-5,11,14-16,18H,6-10H2,1H3/t11-,14?,15?,16?/m1/s1. The number of amides is 1. The molecule has 3 aliphatic rings. The molecular formula is C17H22N2O. The normalized spacial score (nSPS) is 35.1. The molecule has 20 heavy (non-hydrogen) atoms. The van der Waals surface area contributed by atoms with E-state index in [1.54, 1.807) is 0 Å². The van der Waals surface area contributed by atoms with Crippen LogP contribution in [0.25, 0.3) is 0 Å². The Morgan fingerprint density at radius 2 is 2.20 bits per heavy atom. The fourth-order valence-electron chi connectivity index (χ4n) is 4.25. The first kappa shape index (κ1) is 12.4. The molecule has 2 fully saturated rings. The van der Waals surface area contributed by atoms with Crippen molar-refractivity contribution >= 4 is 5.91 Å². The Kier molecular flexibility index (Phi) is 2.84.